The van der Waals surface area contributed by atoms with Crippen LogP contribution in [0.4, 0.5) is 0 Å². The van der Waals surface area contributed by atoms with Crippen LogP contribution >= 0.6 is 35.3 Å². The van der Waals surface area contributed by atoms with E-state index in [1.807, 2.05) is 66.9 Å². The van der Waals surface area contributed by atoms with Gasteiger partial charge in [0.2, 0.25) is 0 Å². The second-order valence-corrected chi connectivity index (χ2v) is 10.1. The van der Waals surface area contributed by atoms with E-state index < -0.39 is 0 Å². The van der Waals surface area contributed by atoms with Gasteiger partial charge in [0.15, 0.2) is 14.1 Å². The van der Waals surface area contributed by atoms with Gasteiger partial charge in [-0.2, -0.15) is 0 Å². The number of nitrogens with zero attached hydrogens (tertiary/aromatic N) is 3. The molecule has 9 heteroatoms. The van der Waals surface area contributed by atoms with Gasteiger partial charge in [0.05, 0.1) is 24.1 Å². The number of esters is 1. The molecule has 0 aliphatic rings. The number of thioether (sulfide) groups is 1. The Balaban J connectivity index is 1.51. The smallest absolute Gasteiger partial charge is 0.337 e. The van der Waals surface area contributed by atoms with Gasteiger partial charge in [0.1, 0.15) is 0 Å². The minimum absolute atomic E-state index is 0.0258. The van der Waals surface area contributed by atoms with Crippen molar-refractivity contribution in [2.45, 2.75) is 18.2 Å². The van der Waals surface area contributed by atoms with E-state index in [0.29, 0.717) is 15.1 Å². The van der Waals surface area contributed by atoms with Crippen molar-refractivity contribution in [2.75, 3.05) is 12.9 Å². The first kappa shape index (κ1) is 23.2. The lowest BCUT2D eigenvalue weighted by atomic mass is 10.2. The summed E-state index contributed by atoms with van der Waals surface area (Å²) in [6.45, 7) is 3.88. The Kier molecular flexibility index (Phi) is 6.92. The van der Waals surface area contributed by atoms with Crippen molar-refractivity contribution < 1.29 is 14.3 Å². The van der Waals surface area contributed by atoms with Gasteiger partial charge in [0.25, 0.3) is 0 Å². The SMILES string of the molecule is COC(=O)c1ccc(-n2c(C)cc(C(=O)CSc3nn(-c4ccccc4)c(=S)s3)c2C)cc1. The van der Waals surface area contributed by atoms with Crippen LogP contribution in [-0.2, 0) is 4.74 Å². The molecule has 0 unspecified atom stereocenters. The summed E-state index contributed by atoms with van der Waals surface area (Å²) in [4.78, 5) is 24.7. The zero-order chi connectivity index (χ0) is 23.5. The van der Waals surface area contributed by atoms with E-state index in [0.717, 1.165) is 27.1 Å². The molecule has 2 aromatic carbocycles. The lowest BCUT2D eigenvalue weighted by molar-refractivity contribution is 0.0600. The molecule has 6 nitrogen and oxygen atoms in total. The van der Waals surface area contributed by atoms with Crippen LogP contribution in [0.1, 0.15) is 32.1 Å². The van der Waals surface area contributed by atoms with Gasteiger partial charge < -0.3 is 9.30 Å². The summed E-state index contributed by atoms with van der Waals surface area (Å²) >= 11 is 8.23. The summed E-state index contributed by atoms with van der Waals surface area (Å²) in [6, 6.07) is 18.7. The maximum Gasteiger partial charge on any atom is 0.337 e. The Labute approximate surface area is 204 Å². The molecule has 0 atom stereocenters. The van der Waals surface area contributed by atoms with Gasteiger partial charge in [-0.05, 0) is 68.5 Å². The molecule has 0 aliphatic heterocycles. The summed E-state index contributed by atoms with van der Waals surface area (Å²) in [5.41, 5.74) is 4.72. The molecule has 2 heterocycles. The lowest BCUT2D eigenvalue weighted by Gasteiger charge is -2.10. The maximum atomic E-state index is 13.0. The highest BCUT2D eigenvalue weighted by Gasteiger charge is 2.18. The number of para-hydroxylation sites is 1. The number of methoxy groups -OCH3 is 1. The average molecular weight is 496 g/mol. The topological polar surface area (TPSA) is 66.1 Å². The number of hydrogen-bond donors (Lipinski definition) is 0. The third-order valence-electron chi connectivity index (χ3n) is 5.13. The third-order valence-corrected chi connectivity index (χ3v) is 7.50. The van der Waals surface area contributed by atoms with Gasteiger partial charge in [-0.3, -0.25) is 4.79 Å². The number of rotatable bonds is 7. The largest absolute Gasteiger partial charge is 0.465 e. The Morgan fingerprint density at radius 3 is 2.42 bits per heavy atom. The maximum absolute atomic E-state index is 13.0. The van der Waals surface area contributed by atoms with Crippen LogP contribution < -0.4 is 0 Å². The van der Waals surface area contributed by atoms with Gasteiger partial charge in [-0.25, -0.2) is 9.48 Å². The number of ether oxygens (including phenoxy) is 1. The molecule has 0 saturated carbocycles. The molecule has 0 aliphatic carbocycles. The second kappa shape index (κ2) is 9.86. The number of aryl methyl sites for hydroxylation is 1. The van der Waals surface area contributed by atoms with Crippen molar-refractivity contribution in [3.05, 3.63) is 87.1 Å². The van der Waals surface area contributed by atoms with Crippen LogP contribution in [0.15, 0.2) is 65.0 Å². The summed E-state index contributed by atoms with van der Waals surface area (Å²) in [6.07, 6.45) is 0. The standard InChI is InChI=1S/C24H21N3O3S3/c1-15-13-20(16(2)26(15)18-11-9-17(10-12-18)22(29)30-3)21(28)14-32-23-25-27(24(31)33-23)19-7-5-4-6-8-19/h4-13H,14H2,1-3H3. The fraction of sp³-hybridized carbons (Fsp3) is 0.167. The van der Waals surface area contributed by atoms with Gasteiger partial charge in [-0.1, -0.05) is 41.3 Å². The second-order valence-electron chi connectivity index (χ2n) is 7.25. The molecule has 0 fully saturated rings. The number of benzene rings is 2. The molecule has 0 saturated heterocycles. The van der Waals surface area contributed by atoms with Crippen LogP contribution in [0.5, 0.6) is 0 Å². The number of carbonyl (C=O) groups is 2. The fourth-order valence-electron chi connectivity index (χ4n) is 3.56. The van der Waals surface area contributed by atoms with Crippen LogP contribution in [0.2, 0.25) is 0 Å². The number of hydrogen-bond acceptors (Lipinski definition) is 7. The predicted octanol–water partition coefficient (Wildman–Crippen LogP) is 5.83. The minimum Gasteiger partial charge on any atom is -0.465 e. The van der Waals surface area contributed by atoms with Gasteiger partial charge in [0, 0.05) is 22.6 Å². The van der Waals surface area contributed by atoms with E-state index >= 15 is 0 Å². The number of Topliss-reactive ketones (excluding diaryl/α,β-unsaturated/α-hetero) is 1. The fourth-order valence-corrected chi connectivity index (χ4v) is 5.81. The Morgan fingerprint density at radius 1 is 1.06 bits per heavy atom. The minimum atomic E-state index is -0.381. The predicted molar refractivity (Wildman–Crippen MR) is 134 cm³/mol. The van der Waals surface area contributed by atoms with E-state index in [4.69, 9.17) is 17.0 Å². The van der Waals surface area contributed by atoms with Gasteiger partial charge >= 0.3 is 5.97 Å². The van der Waals surface area contributed by atoms with Crippen LogP contribution in [-0.4, -0.2) is 39.0 Å². The molecular weight excluding hydrogens is 474 g/mol. The zero-order valence-electron chi connectivity index (χ0n) is 18.3. The number of carbonyl (C=O) groups excluding carboxylic acids is 2. The molecule has 2 aromatic heterocycles. The molecule has 4 aromatic rings. The van der Waals surface area contributed by atoms with Crippen molar-refractivity contribution >= 4 is 47.1 Å². The molecule has 0 radical (unpaired) electrons. The van der Waals surface area contributed by atoms with E-state index in [1.165, 1.54) is 30.2 Å². The summed E-state index contributed by atoms with van der Waals surface area (Å²) in [5.74, 6) is -0.0888. The van der Waals surface area contributed by atoms with Crippen molar-refractivity contribution in [3.8, 4) is 11.4 Å². The Morgan fingerprint density at radius 2 is 1.76 bits per heavy atom. The quantitative estimate of drug-likeness (QED) is 0.139. The lowest BCUT2D eigenvalue weighted by Crippen LogP contribution is -2.06. The first-order valence-electron chi connectivity index (χ1n) is 10.1. The summed E-state index contributed by atoms with van der Waals surface area (Å²) in [7, 11) is 1.36. The first-order valence-corrected chi connectivity index (χ1v) is 12.3. The Hall–Kier alpha value is -3.01. The van der Waals surface area contributed by atoms with E-state index in [1.54, 1.807) is 16.8 Å². The molecule has 33 heavy (non-hydrogen) atoms. The van der Waals surface area contributed by atoms with Crippen molar-refractivity contribution in [1.29, 1.82) is 0 Å². The first-order chi connectivity index (χ1) is 15.9. The van der Waals surface area contributed by atoms with E-state index in [2.05, 4.69) is 5.10 Å². The average Bonchev–Trinajstić information content (AvgIpc) is 3.36. The van der Waals surface area contributed by atoms with E-state index in [-0.39, 0.29) is 17.5 Å². The molecule has 0 spiro atoms. The zero-order valence-corrected chi connectivity index (χ0v) is 20.7. The molecule has 0 N–H and O–H groups in total. The highest BCUT2D eigenvalue weighted by Crippen LogP contribution is 2.27. The molecular formula is C24H21N3O3S3. The summed E-state index contributed by atoms with van der Waals surface area (Å²) < 4.78 is 9.88. The number of aromatic nitrogens is 3. The van der Waals surface area contributed by atoms with Crippen molar-refractivity contribution in [2.24, 2.45) is 0 Å². The third kappa shape index (κ3) is 4.85. The van der Waals surface area contributed by atoms with Crippen LogP contribution in [0.25, 0.3) is 11.4 Å². The van der Waals surface area contributed by atoms with E-state index in [9.17, 15) is 9.59 Å². The van der Waals surface area contributed by atoms with Crippen molar-refractivity contribution in [3.63, 3.8) is 0 Å². The Bertz CT molecular complexity index is 1370. The normalized spacial score (nSPS) is 10.9. The summed E-state index contributed by atoms with van der Waals surface area (Å²) in [5, 5.41) is 4.57. The van der Waals surface area contributed by atoms with Gasteiger partial charge in [-0.15, -0.1) is 5.10 Å². The van der Waals surface area contributed by atoms with Crippen molar-refractivity contribution in [1.82, 2.24) is 14.3 Å². The monoisotopic (exact) mass is 495 g/mol. The highest BCUT2D eigenvalue weighted by molar-refractivity contribution is 8.01. The molecule has 0 bridgehead atoms. The molecule has 0 amide bonds. The highest BCUT2D eigenvalue weighted by atomic mass is 32.2. The molecule has 168 valence electrons. The molecule has 4 rings (SSSR count). The van der Waals surface area contributed by atoms with Crippen LogP contribution in [0.3, 0.4) is 0 Å². The van der Waals surface area contributed by atoms with Crippen LogP contribution in [0, 0.1) is 17.8 Å². The number of ketones is 1.